The van der Waals surface area contributed by atoms with Gasteiger partial charge in [0.25, 0.3) is 0 Å². The maximum atomic E-state index is 12.9. The minimum atomic E-state index is -0.827. The van der Waals surface area contributed by atoms with Crippen LogP contribution in [0.15, 0.2) is 182 Å². The van der Waals surface area contributed by atoms with Crippen molar-refractivity contribution < 1.29 is 28.6 Å². The van der Waals surface area contributed by atoms with E-state index in [2.05, 4.69) is 203 Å². The Morgan fingerprint density at radius 1 is 0.263 bits per heavy atom. The maximum Gasteiger partial charge on any atom is 0.306 e. The van der Waals surface area contributed by atoms with E-state index in [-0.39, 0.29) is 37.5 Å². The van der Waals surface area contributed by atoms with Gasteiger partial charge in [-0.3, -0.25) is 14.4 Å². The largest absolute Gasteiger partial charge is 0.462 e. The number of unbranched alkanes of at least 4 members (excludes halogenated alkanes) is 14. The second-order valence-corrected chi connectivity index (χ2v) is 20.2. The summed E-state index contributed by atoms with van der Waals surface area (Å²) in [6.45, 7) is 6.27. The molecule has 0 aliphatic carbocycles. The molecule has 0 aliphatic rings. The van der Waals surface area contributed by atoms with Gasteiger partial charge in [0.15, 0.2) is 6.10 Å². The molecule has 0 aromatic carbocycles. The third-order valence-electron chi connectivity index (χ3n) is 12.6. The van der Waals surface area contributed by atoms with Crippen LogP contribution in [0.4, 0.5) is 0 Å². The first kappa shape index (κ1) is 74.5. The van der Waals surface area contributed by atoms with E-state index in [1.807, 2.05) is 0 Å². The van der Waals surface area contributed by atoms with Crippen LogP contribution < -0.4 is 0 Å². The van der Waals surface area contributed by atoms with Gasteiger partial charge in [0.2, 0.25) is 0 Å². The lowest BCUT2D eigenvalue weighted by atomic mass is 10.1. The van der Waals surface area contributed by atoms with Gasteiger partial charge >= 0.3 is 17.9 Å². The Hall–Kier alpha value is -5.49. The fraction of sp³-hybridized carbons (Fsp3) is 0.554. The van der Waals surface area contributed by atoms with Crippen LogP contribution in [0.1, 0.15) is 245 Å². The van der Waals surface area contributed by atoms with Crippen molar-refractivity contribution in [2.75, 3.05) is 13.2 Å². The van der Waals surface area contributed by atoms with Crippen molar-refractivity contribution in [3.63, 3.8) is 0 Å². The Labute approximate surface area is 491 Å². The molecule has 80 heavy (non-hydrogen) atoms. The topological polar surface area (TPSA) is 78.9 Å². The fourth-order valence-electron chi connectivity index (χ4n) is 7.94. The van der Waals surface area contributed by atoms with Crippen LogP contribution in [0.2, 0.25) is 0 Å². The highest BCUT2D eigenvalue weighted by atomic mass is 16.6. The van der Waals surface area contributed by atoms with Gasteiger partial charge in [0.05, 0.1) is 0 Å². The minimum Gasteiger partial charge on any atom is -0.462 e. The molecule has 6 nitrogen and oxygen atoms in total. The van der Waals surface area contributed by atoms with E-state index < -0.39 is 6.10 Å². The van der Waals surface area contributed by atoms with E-state index in [0.29, 0.717) is 19.3 Å². The molecule has 0 spiro atoms. The van der Waals surface area contributed by atoms with Crippen molar-refractivity contribution in [2.45, 2.75) is 252 Å². The summed E-state index contributed by atoms with van der Waals surface area (Å²) < 4.78 is 16.8. The van der Waals surface area contributed by atoms with E-state index in [1.165, 1.54) is 32.1 Å². The number of hydrogen-bond donors (Lipinski definition) is 0. The quantitative estimate of drug-likeness (QED) is 0.0261. The average molecular weight is 1100 g/mol. The predicted octanol–water partition coefficient (Wildman–Crippen LogP) is 22.0. The van der Waals surface area contributed by atoms with Gasteiger partial charge in [-0.25, -0.2) is 0 Å². The molecule has 1 unspecified atom stereocenters. The lowest BCUT2D eigenvalue weighted by molar-refractivity contribution is -0.167. The summed E-state index contributed by atoms with van der Waals surface area (Å²) >= 11 is 0. The zero-order chi connectivity index (χ0) is 57.8. The molecule has 446 valence electrons. The molecule has 0 bridgehead atoms. The average Bonchev–Trinajstić information content (AvgIpc) is 3.46. The summed E-state index contributed by atoms with van der Waals surface area (Å²) in [6.07, 6.45) is 99.1. The molecule has 0 heterocycles. The van der Waals surface area contributed by atoms with E-state index in [4.69, 9.17) is 14.2 Å². The van der Waals surface area contributed by atoms with Gasteiger partial charge in [-0.2, -0.15) is 0 Å². The second-order valence-electron chi connectivity index (χ2n) is 20.2. The Bertz CT molecular complexity index is 1890. The van der Waals surface area contributed by atoms with Gasteiger partial charge in [0.1, 0.15) is 13.2 Å². The van der Waals surface area contributed by atoms with Gasteiger partial charge in [-0.1, -0.05) is 261 Å². The molecule has 6 heteroatoms. The van der Waals surface area contributed by atoms with Crippen LogP contribution in [0.25, 0.3) is 0 Å². The predicted molar refractivity (Wildman–Crippen MR) is 348 cm³/mol. The number of carbonyl (C=O) groups excluding carboxylic acids is 3. The fourth-order valence-corrected chi connectivity index (χ4v) is 7.94. The Balaban J connectivity index is 4.41. The van der Waals surface area contributed by atoms with Crippen LogP contribution in [-0.2, 0) is 28.6 Å². The summed E-state index contributed by atoms with van der Waals surface area (Å²) in [6, 6.07) is 0. The zero-order valence-electron chi connectivity index (χ0n) is 51.0. The number of ether oxygens (including phenoxy) is 3. The first-order valence-electron chi connectivity index (χ1n) is 31.8. The summed E-state index contributed by atoms with van der Waals surface area (Å²) in [4.78, 5) is 38.2. The number of rotatable bonds is 55. The lowest BCUT2D eigenvalue weighted by Crippen LogP contribution is -2.30. The van der Waals surface area contributed by atoms with Gasteiger partial charge in [-0.05, 0) is 148 Å². The molecule has 0 N–H and O–H groups in total. The number of allylic oxidation sites excluding steroid dienone is 30. The molecule has 0 aromatic rings. The first-order valence-corrected chi connectivity index (χ1v) is 31.8. The number of esters is 3. The summed E-state index contributed by atoms with van der Waals surface area (Å²) in [5.41, 5.74) is 0. The molecule has 0 saturated heterocycles. The van der Waals surface area contributed by atoms with E-state index in [9.17, 15) is 14.4 Å². The van der Waals surface area contributed by atoms with Crippen molar-refractivity contribution in [3.8, 4) is 0 Å². The SMILES string of the molecule is CC/C=C\C/C=C\C/C=C\C/C=C\C/C=C\C/C=C\C/C=C\CCCCCCCCCC(=O)OCC(COC(=O)CCCCCCC/C=C\CCC)OC(=O)CCC/C=C\C/C=C\C/C=C\C/C=C\C/C=C\C/C=C\C/C=C\CC. The van der Waals surface area contributed by atoms with Crippen LogP contribution in [0.5, 0.6) is 0 Å². The van der Waals surface area contributed by atoms with E-state index in [1.54, 1.807) is 0 Å². The lowest BCUT2D eigenvalue weighted by Gasteiger charge is -2.18. The molecule has 0 aromatic heterocycles. The molecule has 0 fully saturated rings. The molecular weight excluding hydrogens is 985 g/mol. The molecule has 0 rings (SSSR count). The molecule has 1 atom stereocenters. The van der Waals surface area contributed by atoms with Crippen molar-refractivity contribution in [1.29, 1.82) is 0 Å². The second kappa shape index (κ2) is 66.0. The van der Waals surface area contributed by atoms with Crippen LogP contribution in [-0.4, -0.2) is 37.2 Å². The maximum absolute atomic E-state index is 12.9. The van der Waals surface area contributed by atoms with Gasteiger partial charge in [0, 0.05) is 19.3 Å². The van der Waals surface area contributed by atoms with Crippen molar-refractivity contribution in [1.82, 2.24) is 0 Å². The Morgan fingerprint density at radius 2 is 0.500 bits per heavy atom. The van der Waals surface area contributed by atoms with Crippen molar-refractivity contribution in [3.05, 3.63) is 182 Å². The first-order chi connectivity index (χ1) is 39.5. The molecular formula is C74H114O6. The molecule has 0 amide bonds. The van der Waals surface area contributed by atoms with Crippen LogP contribution in [0, 0.1) is 0 Å². The molecule has 0 aliphatic heterocycles. The van der Waals surface area contributed by atoms with Gasteiger partial charge in [-0.15, -0.1) is 0 Å². The zero-order valence-corrected chi connectivity index (χ0v) is 51.0. The summed E-state index contributed by atoms with van der Waals surface area (Å²) in [5, 5.41) is 0. The highest BCUT2D eigenvalue weighted by Gasteiger charge is 2.19. The highest BCUT2D eigenvalue weighted by molar-refractivity contribution is 5.71. The third kappa shape index (κ3) is 63.3. The number of carbonyl (C=O) groups is 3. The van der Waals surface area contributed by atoms with Crippen molar-refractivity contribution >= 4 is 17.9 Å². The van der Waals surface area contributed by atoms with Crippen molar-refractivity contribution in [2.24, 2.45) is 0 Å². The molecule has 0 saturated carbocycles. The van der Waals surface area contributed by atoms with E-state index in [0.717, 1.165) is 167 Å². The minimum absolute atomic E-state index is 0.118. The van der Waals surface area contributed by atoms with E-state index >= 15 is 0 Å². The van der Waals surface area contributed by atoms with Crippen LogP contribution >= 0.6 is 0 Å². The molecule has 0 radical (unpaired) electrons. The third-order valence-corrected chi connectivity index (χ3v) is 12.6. The summed E-state index contributed by atoms with van der Waals surface area (Å²) in [5.74, 6) is -1.01. The monoisotopic (exact) mass is 1100 g/mol. The smallest absolute Gasteiger partial charge is 0.306 e. The number of hydrogen-bond acceptors (Lipinski definition) is 6. The highest BCUT2D eigenvalue weighted by Crippen LogP contribution is 2.13. The Morgan fingerprint density at radius 3 is 0.812 bits per heavy atom. The Kier molecular flexibility index (Phi) is 61.5. The van der Waals surface area contributed by atoms with Gasteiger partial charge < -0.3 is 14.2 Å². The normalized spacial score (nSPS) is 13.4. The standard InChI is InChI=1S/C74H114O6/c1-4-7-10-13-16-19-22-24-26-28-30-32-34-35-36-37-38-39-41-42-44-46-48-50-52-55-58-61-64-67-73(76)79-70-71(69-78-72(75)66-63-60-57-54-21-18-15-12-9-6-3)80-74(77)68-65-62-59-56-53-51-49-47-45-43-40-33-31-29-27-25-23-20-17-14-11-8-5-2/h7-8,10-12,15-17,19-20,24-27,30-33,35-36,38-39,42-45,49,51,56,59,71H,4-6,9,13-14,18,21-23,28-29,34,37,40-41,46-48,50,52-55,57-58,60-70H2,1-3H3/b10-7-,11-8-,15-12-,19-16-,20-17-,26-24-,27-25-,32-30-,33-31-,36-35-,39-38-,44-42-,45-43-,51-49-,59-56-. The summed E-state index contributed by atoms with van der Waals surface area (Å²) in [7, 11) is 0. The van der Waals surface area contributed by atoms with Crippen LogP contribution in [0.3, 0.4) is 0 Å².